The van der Waals surface area contributed by atoms with Gasteiger partial charge in [-0.3, -0.25) is 9.59 Å². The zero-order valence-electron chi connectivity index (χ0n) is 25.9. The number of hydrogen-bond acceptors (Lipinski definition) is 9. The molecule has 44 heavy (non-hydrogen) atoms. The van der Waals surface area contributed by atoms with Crippen LogP contribution in [0, 0.1) is 13.8 Å². The Morgan fingerprint density at radius 2 is 1.89 bits per heavy atom. The molecule has 0 saturated carbocycles. The summed E-state index contributed by atoms with van der Waals surface area (Å²) < 4.78 is 19.1. The van der Waals surface area contributed by atoms with Crippen LogP contribution in [0.15, 0.2) is 52.8 Å². The molecule has 3 aromatic rings. The van der Waals surface area contributed by atoms with Gasteiger partial charge in [-0.25, -0.2) is 4.68 Å². The maximum absolute atomic E-state index is 14.0. The number of fused-ring (bicyclic) bond motifs is 1. The first-order valence-corrected chi connectivity index (χ1v) is 16.0. The quantitative estimate of drug-likeness (QED) is 0.287. The van der Waals surface area contributed by atoms with Crippen molar-refractivity contribution in [1.29, 1.82) is 0 Å². The monoisotopic (exact) mass is 620 g/mol. The van der Waals surface area contributed by atoms with E-state index in [-0.39, 0.29) is 18.4 Å². The van der Waals surface area contributed by atoms with Crippen LogP contribution in [0.4, 0.5) is 11.6 Å². The van der Waals surface area contributed by atoms with Crippen LogP contribution in [0.5, 0.6) is 11.5 Å². The Balaban J connectivity index is 1.49. The zero-order chi connectivity index (χ0) is 31.2. The van der Waals surface area contributed by atoms with Crippen LogP contribution in [0.3, 0.4) is 0 Å². The number of benzene rings is 2. The third-order valence-electron chi connectivity index (χ3n) is 7.66. The third kappa shape index (κ3) is 6.86. The molecule has 2 amide bonds. The number of thioether (sulfide) groups is 1. The summed E-state index contributed by atoms with van der Waals surface area (Å²) in [5, 5.41) is 11.9. The molecule has 1 unspecified atom stereocenters. The van der Waals surface area contributed by atoms with Crippen molar-refractivity contribution in [3.63, 3.8) is 0 Å². The standard InChI is InChI=1S/C32H40N6O5S/c1-6-17-44-32-35-31-33-22(5)28(30(40)34-24-10-8-9-20(3)21(24)4)29(38(31)36-32)23-11-12-25(26(18-23)42-7-2)43-19-27(39)37-13-15-41-16-14-37/h8-12,18,29H,6-7,13-17,19H2,1-5H3,(H,34,40)(H,33,35,36). The van der Waals surface area contributed by atoms with Gasteiger partial charge in [-0.05, 0) is 69.0 Å². The molecular formula is C32H40N6O5S. The fourth-order valence-electron chi connectivity index (χ4n) is 5.19. The lowest BCUT2D eigenvalue weighted by Crippen LogP contribution is -2.43. The number of ether oxygens (including phenoxy) is 3. The summed E-state index contributed by atoms with van der Waals surface area (Å²) in [5.74, 6) is 2.02. The largest absolute Gasteiger partial charge is 0.490 e. The summed E-state index contributed by atoms with van der Waals surface area (Å²) in [6.07, 6.45) is 0.986. The van der Waals surface area contributed by atoms with Gasteiger partial charge in [-0.1, -0.05) is 36.9 Å². The van der Waals surface area contributed by atoms with E-state index in [0.717, 1.165) is 34.6 Å². The van der Waals surface area contributed by atoms with Crippen molar-refractivity contribution >= 4 is 35.2 Å². The van der Waals surface area contributed by atoms with E-state index in [1.165, 1.54) is 0 Å². The molecule has 1 aromatic heterocycles. The highest BCUT2D eigenvalue weighted by Gasteiger charge is 2.35. The maximum atomic E-state index is 14.0. The van der Waals surface area contributed by atoms with Crippen LogP contribution in [0.2, 0.25) is 0 Å². The number of aryl methyl sites for hydroxylation is 1. The summed E-state index contributed by atoms with van der Waals surface area (Å²) in [6, 6.07) is 10.8. The number of nitrogens with zero attached hydrogens (tertiary/aromatic N) is 4. The van der Waals surface area contributed by atoms with E-state index in [1.54, 1.807) is 27.4 Å². The van der Waals surface area contributed by atoms with Crippen molar-refractivity contribution in [2.24, 2.45) is 0 Å². The van der Waals surface area contributed by atoms with Gasteiger partial charge in [-0.2, -0.15) is 4.98 Å². The number of carbonyl (C=O) groups is 2. The van der Waals surface area contributed by atoms with Gasteiger partial charge in [0.1, 0.15) is 6.04 Å². The number of nitrogens with one attached hydrogen (secondary N) is 2. The van der Waals surface area contributed by atoms with Crippen LogP contribution in [0.1, 0.15) is 49.9 Å². The normalized spacial score (nSPS) is 16.3. The summed E-state index contributed by atoms with van der Waals surface area (Å²) in [6.45, 7) is 12.3. The molecule has 234 valence electrons. The third-order valence-corrected chi connectivity index (χ3v) is 8.71. The summed E-state index contributed by atoms with van der Waals surface area (Å²) in [4.78, 5) is 33.2. The summed E-state index contributed by atoms with van der Waals surface area (Å²) in [7, 11) is 0. The van der Waals surface area contributed by atoms with Crippen LogP contribution in [0.25, 0.3) is 0 Å². The van der Waals surface area contributed by atoms with Crippen molar-refractivity contribution in [1.82, 2.24) is 19.7 Å². The fraction of sp³-hybridized carbons (Fsp3) is 0.438. The van der Waals surface area contributed by atoms with Crippen molar-refractivity contribution < 1.29 is 23.8 Å². The number of amides is 2. The average molecular weight is 621 g/mol. The Hall–Kier alpha value is -4.03. The molecule has 1 atom stereocenters. The Kier molecular flexibility index (Phi) is 10.1. The molecular weight excluding hydrogens is 580 g/mol. The van der Waals surface area contributed by atoms with E-state index in [0.29, 0.717) is 66.8 Å². The second kappa shape index (κ2) is 14.2. The highest BCUT2D eigenvalue weighted by Crippen LogP contribution is 2.40. The molecule has 11 nitrogen and oxygen atoms in total. The molecule has 2 N–H and O–H groups in total. The molecule has 0 aliphatic carbocycles. The van der Waals surface area contributed by atoms with Crippen molar-refractivity contribution in [2.45, 2.75) is 52.2 Å². The number of anilines is 2. The van der Waals surface area contributed by atoms with Crippen molar-refractivity contribution in [2.75, 3.05) is 55.9 Å². The van der Waals surface area contributed by atoms with Crippen LogP contribution in [-0.2, 0) is 14.3 Å². The van der Waals surface area contributed by atoms with E-state index >= 15 is 0 Å². The molecule has 0 bridgehead atoms. The molecule has 5 rings (SSSR count). The van der Waals surface area contributed by atoms with E-state index in [2.05, 4.69) is 17.6 Å². The van der Waals surface area contributed by atoms with Crippen molar-refractivity contribution in [3.8, 4) is 11.5 Å². The highest BCUT2D eigenvalue weighted by atomic mass is 32.2. The minimum atomic E-state index is -0.594. The molecule has 2 aromatic carbocycles. The van der Waals surface area contributed by atoms with Crippen molar-refractivity contribution in [3.05, 3.63) is 64.4 Å². The first-order chi connectivity index (χ1) is 21.3. The number of aromatic nitrogens is 3. The molecule has 3 heterocycles. The molecule has 1 saturated heterocycles. The smallest absolute Gasteiger partial charge is 0.260 e. The Bertz CT molecular complexity index is 1550. The molecule has 2 aliphatic rings. The lowest BCUT2D eigenvalue weighted by Gasteiger charge is -2.29. The first kappa shape index (κ1) is 31.4. The van der Waals surface area contributed by atoms with Gasteiger partial charge in [0.15, 0.2) is 18.1 Å². The molecule has 2 aliphatic heterocycles. The number of allylic oxidation sites excluding steroid dienone is 1. The van der Waals surface area contributed by atoms with Gasteiger partial charge in [0.2, 0.25) is 11.1 Å². The predicted molar refractivity (Wildman–Crippen MR) is 171 cm³/mol. The second-order valence-corrected chi connectivity index (χ2v) is 11.8. The Morgan fingerprint density at radius 1 is 1.09 bits per heavy atom. The van der Waals surface area contributed by atoms with E-state index in [9.17, 15) is 9.59 Å². The van der Waals surface area contributed by atoms with Crippen LogP contribution >= 0.6 is 11.8 Å². The average Bonchev–Trinajstić information content (AvgIpc) is 3.43. The number of carbonyl (C=O) groups excluding carboxylic acids is 2. The Morgan fingerprint density at radius 3 is 2.64 bits per heavy atom. The first-order valence-electron chi connectivity index (χ1n) is 15.0. The number of hydrogen-bond donors (Lipinski definition) is 2. The van der Waals surface area contributed by atoms with E-state index in [1.807, 2.05) is 58.0 Å². The van der Waals surface area contributed by atoms with E-state index in [4.69, 9.17) is 24.3 Å². The topological polar surface area (TPSA) is 120 Å². The van der Waals surface area contributed by atoms with Gasteiger partial charge < -0.3 is 29.7 Å². The number of morpholine rings is 1. The summed E-state index contributed by atoms with van der Waals surface area (Å²) >= 11 is 1.57. The number of rotatable bonds is 11. The molecule has 1 fully saturated rings. The minimum absolute atomic E-state index is 0.105. The summed E-state index contributed by atoms with van der Waals surface area (Å²) in [5.41, 5.74) is 4.80. The predicted octanol–water partition coefficient (Wildman–Crippen LogP) is 4.96. The molecule has 0 spiro atoms. The van der Waals surface area contributed by atoms with Gasteiger partial charge in [-0.15, -0.1) is 5.10 Å². The lowest BCUT2D eigenvalue weighted by atomic mass is 9.94. The van der Waals surface area contributed by atoms with Crippen LogP contribution < -0.4 is 20.1 Å². The van der Waals surface area contributed by atoms with Gasteiger partial charge >= 0.3 is 0 Å². The van der Waals surface area contributed by atoms with Crippen LogP contribution in [-0.4, -0.2) is 76.7 Å². The SMILES string of the molecule is CCCSc1nc2n(n1)C(c1ccc(OCC(=O)N3CCOCC3)c(OCC)c1)C(C(=O)Nc1cccc(C)c1C)=C(C)N2. The molecule has 12 heteroatoms. The van der Waals surface area contributed by atoms with Gasteiger partial charge in [0.05, 0.1) is 25.4 Å². The molecule has 0 radical (unpaired) electrons. The maximum Gasteiger partial charge on any atom is 0.260 e. The van der Waals surface area contributed by atoms with E-state index < -0.39 is 6.04 Å². The Labute approximate surface area is 262 Å². The van der Waals surface area contributed by atoms with Gasteiger partial charge in [0.25, 0.3) is 11.8 Å². The minimum Gasteiger partial charge on any atom is -0.490 e. The highest BCUT2D eigenvalue weighted by molar-refractivity contribution is 7.99. The second-order valence-electron chi connectivity index (χ2n) is 10.7. The lowest BCUT2D eigenvalue weighted by molar-refractivity contribution is -0.137. The zero-order valence-corrected chi connectivity index (χ0v) is 26.8. The van der Waals surface area contributed by atoms with Gasteiger partial charge in [0, 0.05) is 30.2 Å². The fourth-order valence-corrected chi connectivity index (χ4v) is 5.87.